The van der Waals surface area contributed by atoms with Crippen molar-refractivity contribution in [1.29, 1.82) is 0 Å². The van der Waals surface area contributed by atoms with Gasteiger partial charge in [0, 0.05) is 12.1 Å². The van der Waals surface area contributed by atoms with Crippen LogP contribution < -0.4 is 11.1 Å². The minimum absolute atomic E-state index is 0.482. The second-order valence-corrected chi connectivity index (χ2v) is 2.99. The van der Waals surface area contributed by atoms with Gasteiger partial charge in [-0.1, -0.05) is 6.92 Å². The maximum Gasteiger partial charge on any atom is 0.190 e. The first-order valence-electron chi connectivity index (χ1n) is 4.30. The average Bonchev–Trinajstić information content (AvgIpc) is 2.47. The van der Waals surface area contributed by atoms with Gasteiger partial charge in [-0.3, -0.25) is 0 Å². The zero-order chi connectivity index (χ0) is 8.97. The molecule has 1 rings (SSSR count). The zero-order valence-electron chi connectivity index (χ0n) is 7.63. The molecule has 0 aliphatic rings. The third kappa shape index (κ3) is 2.58. The lowest BCUT2D eigenvalue weighted by Crippen LogP contribution is -2.24. The van der Waals surface area contributed by atoms with Crippen LogP contribution in [0.3, 0.4) is 0 Å². The average molecular weight is 168 g/mol. The second-order valence-electron chi connectivity index (χ2n) is 2.99. The summed E-state index contributed by atoms with van der Waals surface area (Å²) in [5.41, 5.74) is 5.42. The summed E-state index contributed by atoms with van der Waals surface area (Å²) < 4.78 is 5.19. The van der Waals surface area contributed by atoms with Gasteiger partial charge < -0.3 is 15.5 Å². The Morgan fingerprint density at radius 2 is 2.33 bits per heavy atom. The molecule has 0 fully saturated rings. The molecule has 68 valence electrons. The molecule has 0 aliphatic heterocycles. The van der Waals surface area contributed by atoms with Gasteiger partial charge in [-0.15, -0.1) is 0 Å². The molecule has 1 unspecified atom stereocenters. The second kappa shape index (κ2) is 4.16. The molecule has 1 aromatic heterocycles. The molecule has 0 saturated heterocycles. The Kier molecular flexibility index (Phi) is 3.17. The lowest BCUT2D eigenvalue weighted by atomic mass is 10.2. The van der Waals surface area contributed by atoms with Crippen molar-refractivity contribution in [2.45, 2.75) is 32.9 Å². The molecule has 1 heterocycles. The molecule has 1 atom stereocenters. The van der Waals surface area contributed by atoms with Crippen LogP contribution in [0.5, 0.6) is 0 Å². The predicted octanol–water partition coefficient (Wildman–Crippen LogP) is 1.75. The summed E-state index contributed by atoms with van der Waals surface area (Å²) >= 11 is 0. The molecule has 1 aromatic rings. The van der Waals surface area contributed by atoms with Crippen molar-refractivity contribution < 1.29 is 4.42 Å². The first-order valence-corrected chi connectivity index (χ1v) is 4.30. The topological polar surface area (TPSA) is 51.2 Å². The molecule has 3 N–H and O–H groups in total. The van der Waals surface area contributed by atoms with E-state index in [9.17, 15) is 0 Å². The van der Waals surface area contributed by atoms with Crippen LogP contribution in [0.1, 0.15) is 26.0 Å². The van der Waals surface area contributed by atoms with E-state index in [4.69, 9.17) is 10.2 Å². The van der Waals surface area contributed by atoms with Crippen molar-refractivity contribution in [1.82, 2.24) is 5.32 Å². The van der Waals surface area contributed by atoms with E-state index in [1.54, 1.807) is 6.07 Å². The smallest absolute Gasteiger partial charge is 0.190 e. The van der Waals surface area contributed by atoms with E-state index in [0.29, 0.717) is 11.9 Å². The van der Waals surface area contributed by atoms with Crippen LogP contribution in [0.2, 0.25) is 0 Å². The Morgan fingerprint density at radius 3 is 2.83 bits per heavy atom. The SMILES string of the molecule is CCC(C)NCc1ccc(N)o1. The summed E-state index contributed by atoms with van der Waals surface area (Å²) in [7, 11) is 0. The summed E-state index contributed by atoms with van der Waals surface area (Å²) in [4.78, 5) is 0. The van der Waals surface area contributed by atoms with Gasteiger partial charge >= 0.3 is 0 Å². The van der Waals surface area contributed by atoms with Gasteiger partial charge in [-0.25, -0.2) is 0 Å². The summed E-state index contributed by atoms with van der Waals surface area (Å²) in [6, 6.07) is 4.19. The molecule has 0 saturated carbocycles. The molecule has 0 aromatic carbocycles. The van der Waals surface area contributed by atoms with Crippen LogP contribution in [0.15, 0.2) is 16.5 Å². The molecule has 3 heteroatoms. The van der Waals surface area contributed by atoms with Gasteiger partial charge in [0.1, 0.15) is 5.76 Å². The molecule has 0 radical (unpaired) electrons. The fourth-order valence-electron chi connectivity index (χ4n) is 0.909. The molecule has 0 spiro atoms. The van der Waals surface area contributed by atoms with Crippen LogP contribution in [-0.2, 0) is 6.54 Å². The zero-order valence-corrected chi connectivity index (χ0v) is 7.63. The monoisotopic (exact) mass is 168 g/mol. The third-order valence-electron chi connectivity index (χ3n) is 1.92. The maximum absolute atomic E-state index is 5.42. The van der Waals surface area contributed by atoms with Crippen molar-refractivity contribution in [3.05, 3.63) is 17.9 Å². The van der Waals surface area contributed by atoms with Crippen molar-refractivity contribution in [3.8, 4) is 0 Å². The van der Waals surface area contributed by atoms with E-state index in [1.165, 1.54) is 0 Å². The summed E-state index contributed by atoms with van der Waals surface area (Å²) in [6.45, 7) is 5.05. The number of nitrogen functional groups attached to an aromatic ring is 1. The van der Waals surface area contributed by atoms with Gasteiger partial charge in [-0.05, 0) is 19.4 Å². The Hall–Kier alpha value is -0.960. The molecule has 12 heavy (non-hydrogen) atoms. The Morgan fingerprint density at radius 1 is 1.58 bits per heavy atom. The highest BCUT2D eigenvalue weighted by molar-refractivity contribution is 5.25. The number of nitrogens with one attached hydrogen (secondary N) is 1. The van der Waals surface area contributed by atoms with Crippen molar-refractivity contribution in [2.24, 2.45) is 0 Å². The maximum atomic E-state index is 5.42. The quantitative estimate of drug-likeness (QED) is 0.720. The van der Waals surface area contributed by atoms with Crippen LogP contribution in [0.4, 0.5) is 5.88 Å². The van der Waals surface area contributed by atoms with E-state index >= 15 is 0 Å². The van der Waals surface area contributed by atoms with Crippen molar-refractivity contribution in [2.75, 3.05) is 5.73 Å². The van der Waals surface area contributed by atoms with Gasteiger partial charge in [0.05, 0.1) is 6.54 Å². The van der Waals surface area contributed by atoms with Gasteiger partial charge in [-0.2, -0.15) is 0 Å². The number of furan rings is 1. The van der Waals surface area contributed by atoms with Gasteiger partial charge in [0.15, 0.2) is 5.88 Å². The Labute approximate surface area is 72.9 Å². The molecule has 3 nitrogen and oxygen atoms in total. The first-order chi connectivity index (χ1) is 5.72. The van der Waals surface area contributed by atoms with Crippen molar-refractivity contribution >= 4 is 5.88 Å². The van der Waals surface area contributed by atoms with Crippen molar-refractivity contribution in [3.63, 3.8) is 0 Å². The number of hydrogen-bond acceptors (Lipinski definition) is 3. The van der Waals surface area contributed by atoms with Gasteiger partial charge in [0.2, 0.25) is 0 Å². The van der Waals surface area contributed by atoms with E-state index in [1.807, 2.05) is 6.07 Å². The number of rotatable bonds is 4. The summed E-state index contributed by atoms with van der Waals surface area (Å²) in [5, 5.41) is 3.31. The fourth-order valence-corrected chi connectivity index (χ4v) is 0.909. The van der Waals surface area contributed by atoms with Crippen LogP contribution in [-0.4, -0.2) is 6.04 Å². The van der Waals surface area contributed by atoms with Crippen LogP contribution in [0, 0.1) is 0 Å². The van der Waals surface area contributed by atoms with Crippen LogP contribution in [0.25, 0.3) is 0 Å². The molecule has 0 aliphatic carbocycles. The molecular formula is C9H16N2O. The Balaban J connectivity index is 2.33. The highest BCUT2D eigenvalue weighted by Gasteiger charge is 2.00. The van der Waals surface area contributed by atoms with E-state index < -0.39 is 0 Å². The largest absolute Gasteiger partial charge is 0.445 e. The van der Waals surface area contributed by atoms with E-state index in [-0.39, 0.29) is 0 Å². The standard InChI is InChI=1S/C9H16N2O/c1-3-7(2)11-6-8-4-5-9(10)12-8/h4-5,7,11H,3,6,10H2,1-2H3. The summed E-state index contributed by atoms with van der Waals surface area (Å²) in [5.74, 6) is 1.38. The van der Waals surface area contributed by atoms with E-state index in [2.05, 4.69) is 19.2 Å². The minimum atomic E-state index is 0.482. The first kappa shape index (κ1) is 9.13. The highest BCUT2D eigenvalue weighted by atomic mass is 16.4. The van der Waals surface area contributed by atoms with E-state index in [0.717, 1.165) is 18.7 Å². The number of anilines is 1. The normalized spacial score (nSPS) is 13.2. The lowest BCUT2D eigenvalue weighted by molar-refractivity contribution is 0.459. The number of hydrogen-bond donors (Lipinski definition) is 2. The van der Waals surface area contributed by atoms with Gasteiger partial charge in [0.25, 0.3) is 0 Å². The third-order valence-corrected chi connectivity index (χ3v) is 1.92. The molecule has 0 amide bonds. The summed E-state index contributed by atoms with van der Waals surface area (Å²) in [6.07, 6.45) is 1.12. The predicted molar refractivity (Wildman–Crippen MR) is 49.7 cm³/mol. The number of nitrogens with two attached hydrogens (primary N) is 1. The highest BCUT2D eigenvalue weighted by Crippen LogP contribution is 2.08. The molecule has 0 bridgehead atoms. The molecular weight excluding hydrogens is 152 g/mol. The fraction of sp³-hybridized carbons (Fsp3) is 0.556. The van der Waals surface area contributed by atoms with Crippen LogP contribution >= 0.6 is 0 Å². The lowest BCUT2D eigenvalue weighted by Gasteiger charge is -2.08. The minimum Gasteiger partial charge on any atom is -0.445 e. The Bertz CT molecular complexity index is 232.